The van der Waals surface area contributed by atoms with Gasteiger partial charge in [-0.15, -0.1) is 0 Å². The number of rotatable bonds is 3. The molecule has 0 N–H and O–H groups in total. The molecule has 1 saturated heterocycles. The molecule has 0 atom stereocenters. The Hall–Kier alpha value is -1.42. The van der Waals surface area contributed by atoms with Gasteiger partial charge in [0.2, 0.25) is 10.0 Å². The smallest absolute Gasteiger partial charge is 0.243 e. The third-order valence-electron chi connectivity index (χ3n) is 4.52. The van der Waals surface area contributed by atoms with Gasteiger partial charge in [-0.3, -0.25) is 4.90 Å². The maximum Gasteiger partial charge on any atom is 0.243 e. The van der Waals surface area contributed by atoms with Gasteiger partial charge >= 0.3 is 0 Å². The number of nitriles is 1. The summed E-state index contributed by atoms with van der Waals surface area (Å²) in [6, 6.07) is 4.15. The van der Waals surface area contributed by atoms with Crippen molar-refractivity contribution in [1.29, 1.82) is 5.26 Å². The van der Waals surface area contributed by atoms with Gasteiger partial charge in [0.25, 0.3) is 0 Å². The minimum Gasteiger partial charge on any atom is -0.288 e. The summed E-state index contributed by atoms with van der Waals surface area (Å²) in [5.41, 5.74) is 3.68. The van der Waals surface area contributed by atoms with Gasteiger partial charge in [0.15, 0.2) is 0 Å². The van der Waals surface area contributed by atoms with E-state index in [1.807, 2.05) is 38.7 Å². The predicted octanol–water partition coefficient (Wildman–Crippen LogP) is 1.75. The van der Waals surface area contributed by atoms with Gasteiger partial charge in [0, 0.05) is 26.2 Å². The molecule has 120 valence electrons. The Bertz CT molecular complexity index is 686. The third kappa shape index (κ3) is 3.02. The van der Waals surface area contributed by atoms with E-state index in [-0.39, 0.29) is 0 Å². The normalized spacial score (nSPS) is 17.4. The highest BCUT2D eigenvalue weighted by molar-refractivity contribution is 7.89. The van der Waals surface area contributed by atoms with Gasteiger partial charge in [0.05, 0.1) is 17.5 Å². The quantitative estimate of drug-likeness (QED) is 0.796. The first-order chi connectivity index (χ1) is 10.3. The summed E-state index contributed by atoms with van der Waals surface area (Å²) in [6.07, 6.45) is 0. The average molecular weight is 321 g/mol. The summed E-state index contributed by atoms with van der Waals surface area (Å²) in [5.74, 6) is 0. The van der Waals surface area contributed by atoms with Gasteiger partial charge in [-0.25, -0.2) is 8.42 Å². The highest BCUT2D eigenvalue weighted by Crippen LogP contribution is 2.29. The lowest BCUT2D eigenvalue weighted by molar-refractivity contribution is 0.206. The van der Waals surface area contributed by atoms with E-state index in [4.69, 9.17) is 5.26 Å². The van der Waals surface area contributed by atoms with E-state index in [1.165, 1.54) is 0 Å². The maximum atomic E-state index is 13.0. The van der Waals surface area contributed by atoms with Crippen molar-refractivity contribution >= 4 is 10.0 Å². The molecule has 6 heteroatoms. The van der Waals surface area contributed by atoms with E-state index >= 15 is 0 Å². The molecule has 0 unspecified atom stereocenters. The van der Waals surface area contributed by atoms with Crippen molar-refractivity contribution in [3.05, 3.63) is 28.3 Å². The molecule has 0 aromatic heterocycles. The second-order valence-electron chi connectivity index (χ2n) is 5.93. The topological polar surface area (TPSA) is 64.4 Å². The fourth-order valence-corrected chi connectivity index (χ4v) is 4.92. The first-order valence-electron chi connectivity index (χ1n) is 7.46. The van der Waals surface area contributed by atoms with E-state index in [9.17, 15) is 8.42 Å². The van der Waals surface area contributed by atoms with E-state index < -0.39 is 10.0 Å². The van der Waals surface area contributed by atoms with E-state index in [2.05, 4.69) is 6.07 Å². The van der Waals surface area contributed by atoms with Crippen molar-refractivity contribution in [3.63, 3.8) is 0 Å². The number of hydrogen-bond acceptors (Lipinski definition) is 4. The highest BCUT2D eigenvalue weighted by Gasteiger charge is 2.31. The fourth-order valence-electron chi connectivity index (χ4n) is 2.92. The molecular formula is C16H23N3O2S. The Kier molecular flexibility index (Phi) is 4.90. The van der Waals surface area contributed by atoms with Gasteiger partial charge in [-0.2, -0.15) is 9.57 Å². The van der Waals surface area contributed by atoms with E-state index in [1.54, 1.807) is 4.31 Å². The second kappa shape index (κ2) is 6.37. The number of sulfonamides is 1. The molecule has 0 aliphatic carbocycles. The Labute approximate surface area is 133 Å². The number of piperazine rings is 1. The second-order valence-corrected chi connectivity index (χ2v) is 7.80. The minimum absolute atomic E-state index is 0.357. The van der Waals surface area contributed by atoms with Crippen LogP contribution in [-0.2, 0) is 10.0 Å². The first-order valence-corrected chi connectivity index (χ1v) is 8.90. The summed E-state index contributed by atoms with van der Waals surface area (Å²) in [5, 5.41) is 8.73. The largest absolute Gasteiger partial charge is 0.288 e. The lowest BCUT2D eigenvalue weighted by Crippen LogP contribution is -2.48. The Morgan fingerprint density at radius 1 is 1.05 bits per heavy atom. The van der Waals surface area contributed by atoms with Crippen molar-refractivity contribution in [2.45, 2.75) is 32.6 Å². The molecule has 1 aliphatic rings. The molecule has 0 radical (unpaired) electrons. The van der Waals surface area contributed by atoms with Gasteiger partial charge < -0.3 is 0 Å². The standard InChI is InChI=1S/C16H23N3O2S/c1-12-11-13(2)15(4)16(14(12)3)22(20,21)19-9-7-18(6-5-17)8-10-19/h11H,6-10H2,1-4H3. The van der Waals surface area contributed by atoms with Crippen molar-refractivity contribution in [2.75, 3.05) is 32.7 Å². The zero-order valence-corrected chi connectivity index (χ0v) is 14.5. The van der Waals surface area contributed by atoms with Crippen LogP contribution in [0.15, 0.2) is 11.0 Å². The summed E-state index contributed by atoms with van der Waals surface area (Å²) in [4.78, 5) is 2.44. The SMILES string of the molecule is Cc1cc(C)c(C)c(S(=O)(=O)N2CCN(CC#N)CC2)c1C. The summed E-state index contributed by atoms with van der Waals surface area (Å²) >= 11 is 0. The highest BCUT2D eigenvalue weighted by atomic mass is 32.2. The summed E-state index contributed by atoms with van der Waals surface area (Å²) < 4.78 is 27.6. The molecule has 0 saturated carbocycles. The molecule has 1 aromatic rings. The van der Waals surface area contributed by atoms with Crippen LogP contribution >= 0.6 is 0 Å². The molecule has 22 heavy (non-hydrogen) atoms. The van der Waals surface area contributed by atoms with Gasteiger partial charge in [-0.05, 0) is 49.9 Å². The first kappa shape index (κ1) is 16.9. The number of nitrogens with zero attached hydrogens (tertiary/aromatic N) is 3. The van der Waals surface area contributed by atoms with Crippen molar-refractivity contribution in [1.82, 2.24) is 9.21 Å². The van der Waals surface area contributed by atoms with Crippen molar-refractivity contribution < 1.29 is 8.42 Å². The van der Waals surface area contributed by atoms with Crippen LogP contribution in [0.4, 0.5) is 0 Å². The number of benzene rings is 1. The Morgan fingerprint density at radius 3 is 2.00 bits per heavy atom. The molecule has 1 aromatic carbocycles. The maximum absolute atomic E-state index is 13.0. The molecule has 1 fully saturated rings. The van der Waals surface area contributed by atoms with Crippen LogP contribution in [0, 0.1) is 39.0 Å². The average Bonchev–Trinajstić information content (AvgIpc) is 2.46. The minimum atomic E-state index is -3.48. The van der Waals surface area contributed by atoms with Gasteiger partial charge in [0.1, 0.15) is 0 Å². The van der Waals surface area contributed by atoms with Crippen LogP contribution in [0.1, 0.15) is 22.3 Å². The Balaban J connectivity index is 2.35. The molecule has 1 heterocycles. The number of hydrogen-bond donors (Lipinski definition) is 0. The van der Waals surface area contributed by atoms with Crippen molar-refractivity contribution in [2.24, 2.45) is 0 Å². The molecule has 1 aliphatic heterocycles. The van der Waals surface area contributed by atoms with Crippen LogP contribution in [-0.4, -0.2) is 50.3 Å². The molecule has 5 nitrogen and oxygen atoms in total. The summed E-state index contributed by atoms with van der Waals surface area (Å²) in [7, 11) is -3.48. The molecule has 0 bridgehead atoms. The van der Waals surface area contributed by atoms with Crippen LogP contribution in [0.3, 0.4) is 0 Å². The van der Waals surface area contributed by atoms with Crippen LogP contribution in [0.2, 0.25) is 0 Å². The zero-order chi connectivity index (χ0) is 16.5. The lowest BCUT2D eigenvalue weighted by atomic mass is 10.0. The lowest BCUT2D eigenvalue weighted by Gasteiger charge is -2.33. The summed E-state index contributed by atoms with van der Waals surface area (Å²) in [6.45, 7) is 10.1. The number of aryl methyl sites for hydroxylation is 2. The molecule has 0 spiro atoms. The van der Waals surface area contributed by atoms with Gasteiger partial charge in [-0.1, -0.05) is 6.07 Å². The van der Waals surface area contributed by atoms with E-state index in [0.29, 0.717) is 37.6 Å². The van der Waals surface area contributed by atoms with Crippen LogP contribution in [0.25, 0.3) is 0 Å². The van der Waals surface area contributed by atoms with E-state index in [0.717, 1.165) is 22.3 Å². The Morgan fingerprint density at radius 2 is 1.55 bits per heavy atom. The predicted molar refractivity (Wildman–Crippen MR) is 86.2 cm³/mol. The van der Waals surface area contributed by atoms with Crippen LogP contribution in [0.5, 0.6) is 0 Å². The van der Waals surface area contributed by atoms with Crippen molar-refractivity contribution in [3.8, 4) is 6.07 Å². The molecular weight excluding hydrogens is 298 g/mol. The zero-order valence-electron chi connectivity index (χ0n) is 13.7. The monoisotopic (exact) mass is 321 g/mol. The fraction of sp³-hybridized carbons (Fsp3) is 0.562. The molecule has 0 amide bonds. The molecule has 2 rings (SSSR count). The van der Waals surface area contributed by atoms with Crippen LogP contribution < -0.4 is 0 Å². The third-order valence-corrected chi connectivity index (χ3v) is 6.69.